The highest BCUT2D eigenvalue weighted by atomic mass is 16.5. The van der Waals surface area contributed by atoms with Crippen molar-refractivity contribution in [3.63, 3.8) is 0 Å². The van der Waals surface area contributed by atoms with Crippen LogP contribution in [-0.4, -0.2) is 47.8 Å². The minimum absolute atomic E-state index is 0.147. The molecule has 0 spiro atoms. The van der Waals surface area contributed by atoms with E-state index in [9.17, 15) is 4.79 Å². The zero-order valence-electron chi connectivity index (χ0n) is 12.7. The van der Waals surface area contributed by atoms with Gasteiger partial charge in [-0.1, -0.05) is 26.2 Å². The molecule has 2 atom stereocenters. The van der Waals surface area contributed by atoms with Gasteiger partial charge < -0.3 is 14.7 Å². The van der Waals surface area contributed by atoms with Gasteiger partial charge in [-0.05, 0) is 38.0 Å². The average molecular weight is 283 g/mol. The minimum Gasteiger partial charge on any atom is -0.480 e. The van der Waals surface area contributed by atoms with Crippen molar-refractivity contribution in [2.24, 2.45) is 5.92 Å². The van der Waals surface area contributed by atoms with E-state index >= 15 is 0 Å². The fraction of sp³-hybridized carbons (Fsp3) is 0.938. The summed E-state index contributed by atoms with van der Waals surface area (Å²) in [7, 11) is 0. The van der Waals surface area contributed by atoms with E-state index < -0.39 is 5.97 Å². The van der Waals surface area contributed by atoms with Crippen LogP contribution in [0.1, 0.15) is 58.3 Å². The summed E-state index contributed by atoms with van der Waals surface area (Å²) in [6.07, 6.45) is 10.3. The number of hydrogen-bond acceptors (Lipinski definition) is 3. The molecule has 2 unspecified atom stereocenters. The summed E-state index contributed by atoms with van der Waals surface area (Å²) in [6.45, 7) is 4.32. The Bertz CT molecular complexity index is 300. The summed E-state index contributed by atoms with van der Waals surface area (Å²) in [4.78, 5) is 13.1. The second-order valence-electron chi connectivity index (χ2n) is 6.38. The predicted molar refractivity (Wildman–Crippen MR) is 78.8 cm³/mol. The Morgan fingerprint density at radius 3 is 2.55 bits per heavy atom. The van der Waals surface area contributed by atoms with E-state index in [0.717, 1.165) is 37.9 Å². The van der Waals surface area contributed by atoms with Gasteiger partial charge in [-0.2, -0.15) is 0 Å². The van der Waals surface area contributed by atoms with Crippen molar-refractivity contribution in [2.75, 3.05) is 19.7 Å². The number of carbonyl (C=O) groups is 1. The van der Waals surface area contributed by atoms with Crippen LogP contribution >= 0.6 is 0 Å². The van der Waals surface area contributed by atoms with Crippen LogP contribution in [0.25, 0.3) is 0 Å². The number of likely N-dealkylation sites (tertiary alicyclic amines) is 1. The van der Waals surface area contributed by atoms with Gasteiger partial charge in [0, 0.05) is 19.1 Å². The van der Waals surface area contributed by atoms with Gasteiger partial charge in [-0.15, -0.1) is 0 Å². The molecular weight excluding hydrogens is 254 g/mol. The van der Waals surface area contributed by atoms with E-state index in [2.05, 4.69) is 11.8 Å². The highest BCUT2D eigenvalue weighted by Gasteiger charge is 2.27. The molecule has 20 heavy (non-hydrogen) atoms. The predicted octanol–water partition coefficient (Wildman–Crippen LogP) is 2.91. The van der Waals surface area contributed by atoms with Gasteiger partial charge >= 0.3 is 5.97 Å². The summed E-state index contributed by atoms with van der Waals surface area (Å²) in [5.74, 6) is 0.0817. The first-order valence-corrected chi connectivity index (χ1v) is 8.26. The van der Waals surface area contributed by atoms with Gasteiger partial charge in [0.25, 0.3) is 0 Å². The normalized spacial score (nSPS) is 30.1. The number of ether oxygens (including phenoxy) is 1. The van der Waals surface area contributed by atoms with Gasteiger partial charge in [0.2, 0.25) is 0 Å². The Morgan fingerprint density at radius 2 is 1.90 bits per heavy atom. The summed E-state index contributed by atoms with van der Waals surface area (Å²) in [6, 6.07) is 0.756. The lowest BCUT2D eigenvalue weighted by molar-refractivity contribution is -0.145. The van der Waals surface area contributed by atoms with Gasteiger partial charge in [-0.3, -0.25) is 0 Å². The molecule has 0 amide bonds. The monoisotopic (exact) mass is 283 g/mol. The molecule has 1 saturated heterocycles. The third-order valence-electron chi connectivity index (χ3n) is 5.07. The third-order valence-corrected chi connectivity index (χ3v) is 5.07. The average Bonchev–Trinajstić information content (AvgIpc) is 2.71. The lowest BCUT2D eigenvalue weighted by Crippen LogP contribution is -2.43. The number of carboxylic acids is 1. The molecule has 0 aromatic rings. The Hall–Kier alpha value is -0.610. The molecule has 1 heterocycles. The molecule has 1 saturated carbocycles. The highest BCUT2D eigenvalue weighted by molar-refractivity contribution is 5.68. The standard InChI is InChI=1S/C16H29NO3/c1-2-13-4-3-5-14(7-6-13)17-10-8-15(9-11-17)20-12-16(18)19/h13-15H,2-12H2,1H3,(H,18,19). The van der Waals surface area contributed by atoms with E-state index in [-0.39, 0.29) is 12.7 Å². The molecule has 2 aliphatic rings. The molecule has 2 fully saturated rings. The van der Waals surface area contributed by atoms with Gasteiger partial charge in [-0.25, -0.2) is 4.79 Å². The number of rotatable bonds is 5. The number of aliphatic carboxylic acids is 1. The van der Waals surface area contributed by atoms with E-state index in [1.165, 1.54) is 38.5 Å². The van der Waals surface area contributed by atoms with Crippen LogP contribution in [0.15, 0.2) is 0 Å². The fourth-order valence-electron chi connectivity index (χ4n) is 3.73. The van der Waals surface area contributed by atoms with E-state index in [1.807, 2.05) is 0 Å². The molecular formula is C16H29NO3. The topological polar surface area (TPSA) is 49.8 Å². The molecule has 0 aromatic carbocycles. The lowest BCUT2D eigenvalue weighted by atomic mass is 9.97. The smallest absolute Gasteiger partial charge is 0.329 e. The maximum absolute atomic E-state index is 10.5. The SMILES string of the molecule is CCC1CCCC(N2CCC(OCC(=O)O)CC2)CC1. The maximum Gasteiger partial charge on any atom is 0.329 e. The Balaban J connectivity index is 1.71. The van der Waals surface area contributed by atoms with Crippen molar-refractivity contribution in [1.29, 1.82) is 0 Å². The van der Waals surface area contributed by atoms with E-state index in [1.54, 1.807) is 0 Å². The van der Waals surface area contributed by atoms with Gasteiger partial charge in [0.15, 0.2) is 0 Å². The van der Waals surface area contributed by atoms with Crippen LogP contribution in [-0.2, 0) is 9.53 Å². The first-order valence-electron chi connectivity index (χ1n) is 8.26. The molecule has 0 bridgehead atoms. The largest absolute Gasteiger partial charge is 0.480 e. The Kier molecular flexibility index (Phi) is 6.30. The molecule has 116 valence electrons. The molecule has 4 nitrogen and oxygen atoms in total. The number of hydrogen-bond donors (Lipinski definition) is 1. The third kappa shape index (κ3) is 4.74. The van der Waals surface area contributed by atoms with Crippen molar-refractivity contribution in [2.45, 2.75) is 70.4 Å². The molecule has 0 aromatic heterocycles. The van der Waals surface area contributed by atoms with Crippen LogP contribution in [0.3, 0.4) is 0 Å². The minimum atomic E-state index is -0.859. The van der Waals surface area contributed by atoms with Crippen molar-refractivity contribution in [1.82, 2.24) is 4.90 Å². The molecule has 0 radical (unpaired) electrons. The summed E-state index contributed by atoms with van der Waals surface area (Å²) in [5.41, 5.74) is 0. The number of piperidine rings is 1. The highest BCUT2D eigenvalue weighted by Crippen LogP contribution is 2.29. The lowest BCUT2D eigenvalue weighted by Gasteiger charge is -2.37. The van der Waals surface area contributed by atoms with Gasteiger partial charge in [0.1, 0.15) is 6.61 Å². The van der Waals surface area contributed by atoms with Crippen molar-refractivity contribution in [3.05, 3.63) is 0 Å². The van der Waals surface area contributed by atoms with Crippen molar-refractivity contribution < 1.29 is 14.6 Å². The van der Waals surface area contributed by atoms with Crippen LogP contribution in [0.5, 0.6) is 0 Å². The zero-order valence-corrected chi connectivity index (χ0v) is 12.7. The number of nitrogens with zero attached hydrogens (tertiary/aromatic N) is 1. The van der Waals surface area contributed by atoms with Crippen molar-refractivity contribution in [3.8, 4) is 0 Å². The first-order chi connectivity index (χ1) is 9.69. The molecule has 1 aliphatic heterocycles. The van der Waals surface area contributed by atoms with Crippen molar-refractivity contribution >= 4 is 5.97 Å². The van der Waals surface area contributed by atoms with Crippen LogP contribution in [0.4, 0.5) is 0 Å². The summed E-state index contributed by atoms with van der Waals surface area (Å²) in [5, 5.41) is 8.64. The molecule has 4 heteroatoms. The first kappa shape index (κ1) is 15.8. The number of carboxylic acid groups (broad SMARTS) is 1. The summed E-state index contributed by atoms with van der Waals surface area (Å²) >= 11 is 0. The van der Waals surface area contributed by atoms with Crippen LogP contribution < -0.4 is 0 Å². The maximum atomic E-state index is 10.5. The van der Waals surface area contributed by atoms with Crippen LogP contribution in [0.2, 0.25) is 0 Å². The second kappa shape index (κ2) is 7.99. The summed E-state index contributed by atoms with van der Waals surface area (Å²) < 4.78 is 5.41. The molecule has 2 rings (SSSR count). The van der Waals surface area contributed by atoms with E-state index in [0.29, 0.717) is 0 Å². The Morgan fingerprint density at radius 1 is 1.15 bits per heavy atom. The van der Waals surface area contributed by atoms with E-state index in [4.69, 9.17) is 9.84 Å². The Labute approximate surface area is 122 Å². The zero-order chi connectivity index (χ0) is 14.4. The van der Waals surface area contributed by atoms with Crippen LogP contribution in [0, 0.1) is 5.92 Å². The quantitative estimate of drug-likeness (QED) is 0.788. The fourth-order valence-corrected chi connectivity index (χ4v) is 3.73. The molecule has 1 N–H and O–H groups in total. The second-order valence-corrected chi connectivity index (χ2v) is 6.38. The van der Waals surface area contributed by atoms with Gasteiger partial charge in [0.05, 0.1) is 6.10 Å². The molecule has 1 aliphatic carbocycles.